The summed E-state index contributed by atoms with van der Waals surface area (Å²) in [7, 11) is 0. The summed E-state index contributed by atoms with van der Waals surface area (Å²) in [6, 6.07) is 0.175. The summed E-state index contributed by atoms with van der Waals surface area (Å²) in [5.41, 5.74) is 5.63. The first-order chi connectivity index (χ1) is 6.77. The molecule has 3 nitrogen and oxygen atoms in total. The number of nitrogens with one attached hydrogen (secondary N) is 1. The minimum atomic E-state index is 0.0754. The Hall–Kier alpha value is -0.570. The van der Waals surface area contributed by atoms with Gasteiger partial charge >= 0.3 is 0 Å². The normalized spacial score (nSPS) is 14.1. The maximum Gasteiger partial charge on any atom is 0.220 e. The Morgan fingerprint density at radius 1 is 1.33 bits per heavy atom. The van der Waals surface area contributed by atoms with Crippen molar-refractivity contribution in [1.29, 1.82) is 0 Å². The van der Waals surface area contributed by atoms with Crippen LogP contribution in [0.15, 0.2) is 0 Å². The van der Waals surface area contributed by atoms with E-state index in [4.69, 9.17) is 5.73 Å². The first kappa shape index (κ1) is 14.4. The van der Waals surface area contributed by atoms with Crippen LogP contribution in [0.3, 0.4) is 0 Å². The summed E-state index contributed by atoms with van der Waals surface area (Å²) >= 11 is 0. The summed E-state index contributed by atoms with van der Waals surface area (Å²) in [6.45, 7) is 11.1. The molecule has 0 aliphatic heterocycles. The van der Waals surface area contributed by atoms with Crippen molar-refractivity contribution in [2.45, 2.75) is 53.5 Å². The lowest BCUT2D eigenvalue weighted by Gasteiger charge is -2.31. The first-order valence-corrected chi connectivity index (χ1v) is 5.76. The number of carbonyl (C=O) groups is 1. The summed E-state index contributed by atoms with van der Waals surface area (Å²) < 4.78 is 0. The maximum absolute atomic E-state index is 11.6. The van der Waals surface area contributed by atoms with E-state index in [1.807, 2.05) is 0 Å². The van der Waals surface area contributed by atoms with Gasteiger partial charge < -0.3 is 11.1 Å². The lowest BCUT2D eigenvalue weighted by atomic mass is 9.84. The van der Waals surface area contributed by atoms with E-state index in [1.54, 1.807) is 0 Å². The van der Waals surface area contributed by atoms with Crippen LogP contribution in [-0.2, 0) is 4.79 Å². The molecule has 3 heteroatoms. The fraction of sp³-hybridized carbons (Fsp3) is 0.917. The molecule has 0 radical (unpaired) electrons. The van der Waals surface area contributed by atoms with Crippen molar-refractivity contribution in [3.8, 4) is 0 Å². The minimum absolute atomic E-state index is 0.0754. The SMILES string of the molecule is CC(C)CC(=O)NC(CCN)C(C)(C)C. The van der Waals surface area contributed by atoms with E-state index < -0.39 is 0 Å². The van der Waals surface area contributed by atoms with E-state index in [9.17, 15) is 4.79 Å². The van der Waals surface area contributed by atoms with Gasteiger partial charge in [0.25, 0.3) is 0 Å². The third-order valence-electron chi connectivity index (χ3n) is 2.43. The van der Waals surface area contributed by atoms with Crippen LogP contribution < -0.4 is 11.1 Å². The second kappa shape index (κ2) is 6.11. The zero-order valence-electron chi connectivity index (χ0n) is 10.8. The molecule has 0 aliphatic carbocycles. The Morgan fingerprint density at radius 3 is 2.20 bits per heavy atom. The number of rotatable bonds is 5. The molecular formula is C12H26N2O. The Balaban J connectivity index is 4.23. The van der Waals surface area contributed by atoms with Gasteiger partial charge in [-0.1, -0.05) is 34.6 Å². The summed E-state index contributed by atoms with van der Waals surface area (Å²) in [6.07, 6.45) is 1.44. The molecule has 0 saturated heterocycles. The van der Waals surface area contributed by atoms with Gasteiger partial charge in [0.1, 0.15) is 0 Å². The van der Waals surface area contributed by atoms with Gasteiger partial charge in [-0.05, 0) is 24.3 Å². The van der Waals surface area contributed by atoms with Gasteiger partial charge in [-0.25, -0.2) is 0 Å². The number of hydrogen-bond acceptors (Lipinski definition) is 2. The van der Waals surface area contributed by atoms with E-state index in [-0.39, 0.29) is 17.4 Å². The fourth-order valence-electron chi connectivity index (χ4n) is 1.51. The van der Waals surface area contributed by atoms with E-state index in [0.717, 1.165) is 6.42 Å². The van der Waals surface area contributed by atoms with Gasteiger partial charge in [0.2, 0.25) is 5.91 Å². The molecule has 15 heavy (non-hydrogen) atoms. The quantitative estimate of drug-likeness (QED) is 0.734. The Morgan fingerprint density at radius 2 is 1.87 bits per heavy atom. The third-order valence-corrected chi connectivity index (χ3v) is 2.43. The molecule has 0 rings (SSSR count). The van der Waals surface area contributed by atoms with E-state index in [2.05, 4.69) is 39.9 Å². The van der Waals surface area contributed by atoms with Crippen LogP contribution >= 0.6 is 0 Å². The van der Waals surface area contributed by atoms with Crippen LogP contribution in [0.5, 0.6) is 0 Å². The van der Waals surface area contributed by atoms with Crippen LogP contribution in [0.1, 0.15) is 47.5 Å². The van der Waals surface area contributed by atoms with Crippen molar-refractivity contribution >= 4 is 5.91 Å². The van der Waals surface area contributed by atoms with Crippen molar-refractivity contribution in [1.82, 2.24) is 5.32 Å². The third kappa shape index (κ3) is 6.50. The molecule has 90 valence electrons. The van der Waals surface area contributed by atoms with Gasteiger partial charge in [0.15, 0.2) is 0 Å². The highest BCUT2D eigenvalue weighted by Gasteiger charge is 2.25. The largest absolute Gasteiger partial charge is 0.353 e. The summed E-state index contributed by atoms with van der Waals surface area (Å²) in [5, 5.41) is 3.07. The van der Waals surface area contributed by atoms with Crippen LogP contribution in [0.4, 0.5) is 0 Å². The van der Waals surface area contributed by atoms with Crippen LogP contribution in [0, 0.1) is 11.3 Å². The Labute approximate surface area is 93.8 Å². The van der Waals surface area contributed by atoms with Crippen molar-refractivity contribution in [2.24, 2.45) is 17.1 Å². The molecular weight excluding hydrogens is 188 g/mol. The van der Waals surface area contributed by atoms with Crippen LogP contribution in [0.25, 0.3) is 0 Å². The second-order valence-corrected chi connectivity index (χ2v) is 5.66. The van der Waals surface area contributed by atoms with Gasteiger partial charge in [-0.3, -0.25) is 4.79 Å². The minimum Gasteiger partial charge on any atom is -0.353 e. The summed E-state index contributed by atoms with van der Waals surface area (Å²) in [5.74, 6) is 0.543. The summed E-state index contributed by atoms with van der Waals surface area (Å²) in [4.78, 5) is 11.6. The molecule has 0 heterocycles. The average Bonchev–Trinajstić information content (AvgIpc) is 2.00. The highest BCUT2D eigenvalue weighted by Crippen LogP contribution is 2.21. The number of nitrogens with two attached hydrogens (primary N) is 1. The zero-order chi connectivity index (χ0) is 12.1. The van der Waals surface area contributed by atoms with E-state index in [0.29, 0.717) is 18.9 Å². The molecule has 0 aromatic rings. The van der Waals surface area contributed by atoms with Crippen molar-refractivity contribution in [2.75, 3.05) is 6.54 Å². The van der Waals surface area contributed by atoms with Crippen molar-refractivity contribution in [3.05, 3.63) is 0 Å². The number of hydrogen-bond donors (Lipinski definition) is 2. The average molecular weight is 214 g/mol. The Bertz CT molecular complexity index is 194. The van der Waals surface area contributed by atoms with Gasteiger partial charge in [0, 0.05) is 12.5 Å². The molecule has 3 N–H and O–H groups in total. The molecule has 0 spiro atoms. The lowest BCUT2D eigenvalue weighted by molar-refractivity contribution is -0.123. The van der Waals surface area contributed by atoms with Gasteiger partial charge in [-0.2, -0.15) is 0 Å². The Kier molecular flexibility index (Phi) is 5.88. The van der Waals surface area contributed by atoms with Gasteiger partial charge in [0.05, 0.1) is 0 Å². The molecule has 0 fully saturated rings. The van der Waals surface area contributed by atoms with E-state index >= 15 is 0 Å². The molecule has 1 unspecified atom stereocenters. The molecule has 0 bridgehead atoms. The molecule has 1 amide bonds. The fourth-order valence-corrected chi connectivity index (χ4v) is 1.51. The van der Waals surface area contributed by atoms with E-state index in [1.165, 1.54) is 0 Å². The lowest BCUT2D eigenvalue weighted by Crippen LogP contribution is -2.45. The highest BCUT2D eigenvalue weighted by molar-refractivity contribution is 5.76. The molecule has 0 aromatic heterocycles. The topological polar surface area (TPSA) is 55.1 Å². The standard InChI is InChI=1S/C12H26N2O/c1-9(2)8-11(15)14-10(6-7-13)12(3,4)5/h9-10H,6-8,13H2,1-5H3,(H,14,15). The predicted molar refractivity (Wildman–Crippen MR) is 64.5 cm³/mol. The van der Waals surface area contributed by atoms with Gasteiger partial charge in [-0.15, -0.1) is 0 Å². The molecule has 0 saturated carbocycles. The molecule has 1 atom stereocenters. The van der Waals surface area contributed by atoms with Crippen LogP contribution in [0.2, 0.25) is 0 Å². The van der Waals surface area contributed by atoms with Crippen molar-refractivity contribution in [3.63, 3.8) is 0 Å². The molecule has 0 aromatic carbocycles. The zero-order valence-corrected chi connectivity index (χ0v) is 10.8. The van der Waals surface area contributed by atoms with Crippen LogP contribution in [-0.4, -0.2) is 18.5 Å². The predicted octanol–water partition coefficient (Wildman–Crippen LogP) is 1.91. The van der Waals surface area contributed by atoms with Crippen molar-refractivity contribution < 1.29 is 4.79 Å². The highest BCUT2D eigenvalue weighted by atomic mass is 16.1. The maximum atomic E-state index is 11.6. The second-order valence-electron chi connectivity index (χ2n) is 5.66. The number of carbonyl (C=O) groups excluding carboxylic acids is 1. The number of amides is 1. The monoisotopic (exact) mass is 214 g/mol. The first-order valence-electron chi connectivity index (χ1n) is 5.76. The smallest absolute Gasteiger partial charge is 0.220 e. The molecule has 0 aliphatic rings.